The summed E-state index contributed by atoms with van der Waals surface area (Å²) in [5.41, 5.74) is 0. The van der Waals surface area contributed by atoms with Crippen LogP contribution < -0.4 is 0 Å². The predicted molar refractivity (Wildman–Crippen MR) is 41.8 cm³/mol. The Morgan fingerprint density at radius 3 is 2.90 bits per heavy atom. The van der Waals surface area contributed by atoms with Crippen LogP contribution in [0.4, 0.5) is 0 Å². The third kappa shape index (κ3) is 1.98. The minimum Gasteiger partial charge on any atom is -0.299 e. The molecule has 1 heteroatoms. The summed E-state index contributed by atoms with van der Waals surface area (Å²) in [4.78, 5) is 11.1. The lowest BCUT2D eigenvalue weighted by molar-refractivity contribution is -0.122. The lowest BCUT2D eigenvalue weighted by Gasteiger charge is -2.09. The molecule has 0 fully saturated rings. The van der Waals surface area contributed by atoms with E-state index in [0.717, 1.165) is 25.7 Å². The second kappa shape index (κ2) is 3.55. The van der Waals surface area contributed by atoms with E-state index in [4.69, 9.17) is 0 Å². The van der Waals surface area contributed by atoms with Crippen LogP contribution in [0.5, 0.6) is 0 Å². The maximum atomic E-state index is 11.1. The summed E-state index contributed by atoms with van der Waals surface area (Å²) >= 11 is 0. The quantitative estimate of drug-likeness (QED) is 0.469. The molecule has 0 amide bonds. The van der Waals surface area contributed by atoms with E-state index in [9.17, 15) is 4.79 Å². The molecular weight excluding hydrogens is 124 g/mol. The van der Waals surface area contributed by atoms with Gasteiger partial charge in [0.25, 0.3) is 0 Å². The Bertz CT molecular complexity index is 147. The molecule has 1 aliphatic rings. The number of hydrogen-bond acceptors (Lipinski definition) is 1. The fraction of sp³-hybridized carbons (Fsp3) is 0.667. The Hall–Kier alpha value is -0.590. The molecule has 1 rings (SSSR count). The van der Waals surface area contributed by atoms with Gasteiger partial charge < -0.3 is 0 Å². The van der Waals surface area contributed by atoms with E-state index in [1.807, 2.05) is 6.92 Å². The molecule has 1 unspecified atom stereocenters. The van der Waals surface area contributed by atoms with Gasteiger partial charge in [-0.3, -0.25) is 4.79 Å². The first-order valence-electron chi connectivity index (χ1n) is 3.98. The zero-order valence-corrected chi connectivity index (χ0v) is 6.47. The molecule has 0 spiro atoms. The van der Waals surface area contributed by atoms with E-state index < -0.39 is 0 Å². The van der Waals surface area contributed by atoms with Crippen LogP contribution in [0.25, 0.3) is 0 Å². The van der Waals surface area contributed by atoms with Crippen molar-refractivity contribution in [2.45, 2.75) is 32.6 Å². The number of Topliss-reactive ketones (excluding diaryl/α,β-unsaturated/α-hetero) is 1. The molecule has 1 atom stereocenters. The topological polar surface area (TPSA) is 17.1 Å². The van der Waals surface area contributed by atoms with Crippen molar-refractivity contribution in [1.82, 2.24) is 0 Å². The van der Waals surface area contributed by atoms with Gasteiger partial charge in [0.1, 0.15) is 5.78 Å². The molecule has 0 aromatic carbocycles. The van der Waals surface area contributed by atoms with Crippen molar-refractivity contribution in [1.29, 1.82) is 0 Å². The van der Waals surface area contributed by atoms with Crippen molar-refractivity contribution in [3.8, 4) is 0 Å². The van der Waals surface area contributed by atoms with Crippen LogP contribution in [-0.2, 0) is 4.79 Å². The Labute approximate surface area is 62.1 Å². The Morgan fingerprint density at radius 2 is 2.10 bits per heavy atom. The smallest absolute Gasteiger partial charge is 0.136 e. The standard InChI is InChI=1S/C9H14O/c1-8-6-4-2-3-5-7-9(8)10/h2-3,8H,4-7H2,1H3/b3-2+. The summed E-state index contributed by atoms with van der Waals surface area (Å²) in [7, 11) is 0. The molecular formula is C9H14O. The molecule has 0 bridgehead atoms. The third-order valence-corrected chi connectivity index (χ3v) is 2.04. The molecule has 0 aromatic heterocycles. The molecule has 0 N–H and O–H groups in total. The van der Waals surface area contributed by atoms with Gasteiger partial charge in [-0.15, -0.1) is 0 Å². The highest BCUT2D eigenvalue weighted by molar-refractivity contribution is 5.80. The van der Waals surface area contributed by atoms with Crippen molar-refractivity contribution in [2.24, 2.45) is 5.92 Å². The highest BCUT2D eigenvalue weighted by Crippen LogP contribution is 2.14. The number of allylic oxidation sites excluding steroid dienone is 2. The lowest BCUT2D eigenvalue weighted by atomic mass is 9.95. The second-order valence-electron chi connectivity index (χ2n) is 2.95. The largest absolute Gasteiger partial charge is 0.299 e. The van der Waals surface area contributed by atoms with Gasteiger partial charge in [-0.05, 0) is 19.3 Å². The molecule has 0 saturated heterocycles. The number of rotatable bonds is 0. The van der Waals surface area contributed by atoms with Crippen molar-refractivity contribution in [2.75, 3.05) is 0 Å². The maximum Gasteiger partial charge on any atom is 0.136 e. The van der Waals surface area contributed by atoms with Gasteiger partial charge in [-0.25, -0.2) is 0 Å². The zero-order chi connectivity index (χ0) is 7.40. The van der Waals surface area contributed by atoms with Crippen molar-refractivity contribution in [3.63, 3.8) is 0 Å². The summed E-state index contributed by atoms with van der Waals surface area (Å²) in [5, 5.41) is 0. The number of hydrogen-bond donors (Lipinski definition) is 0. The van der Waals surface area contributed by atoms with Gasteiger partial charge in [-0.2, -0.15) is 0 Å². The van der Waals surface area contributed by atoms with E-state index in [1.54, 1.807) is 0 Å². The molecule has 1 aliphatic carbocycles. The van der Waals surface area contributed by atoms with Crippen molar-refractivity contribution < 1.29 is 4.79 Å². The Balaban J connectivity index is 2.48. The molecule has 10 heavy (non-hydrogen) atoms. The van der Waals surface area contributed by atoms with E-state index in [2.05, 4.69) is 12.2 Å². The third-order valence-electron chi connectivity index (χ3n) is 2.04. The second-order valence-corrected chi connectivity index (χ2v) is 2.95. The molecule has 1 nitrogen and oxygen atoms in total. The minimum absolute atomic E-state index is 0.296. The number of carbonyl (C=O) groups excluding carboxylic acids is 1. The van der Waals surface area contributed by atoms with E-state index >= 15 is 0 Å². The van der Waals surface area contributed by atoms with Gasteiger partial charge in [-0.1, -0.05) is 19.1 Å². The molecule has 0 radical (unpaired) electrons. The van der Waals surface area contributed by atoms with Crippen molar-refractivity contribution >= 4 is 5.78 Å². The fourth-order valence-corrected chi connectivity index (χ4v) is 1.21. The first-order valence-corrected chi connectivity index (χ1v) is 3.98. The monoisotopic (exact) mass is 138 g/mol. The van der Waals surface area contributed by atoms with E-state index in [1.165, 1.54) is 0 Å². The van der Waals surface area contributed by atoms with Gasteiger partial charge in [0.05, 0.1) is 0 Å². The first-order chi connectivity index (χ1) is 4.80. The zero-order valence-electron chi connectivity index (χ0n) is 6.47. The Morgan fingerprint density at radius 1 is 1.40 bits per heavy atom. The van der Waals surface area contributed by atoms with Crippen LogP contribution in [0.1, 0.15) is 32.6 Å². The SMILES string of the molecule is CC1CC/C=C/CCC1=O. The molecule has 0 heterocycles. The minimum atomic E-state index is 0.296. The average Bonchev–Trinajstić information content (AvgIpc) is 1.92. The summed E-state index contributed by atoms with van der Waals surface area (Å²) in [6.07, 6.45) is 8.11. The number of carbonyl (C=O) groups is 1. The molecule has 56 valence electrons. The van der Waals surface area contributed by atoms with Gasteiger partial charge >= 0.3 is 0 Å². The summed E-state index contributed by atoms with van der Waals surface area (Å²) < 4.78 is 0. The fourth-order valence-electron chi connectivity index (χ4n) is 1.21. The van der Waals surface area contributed by atoms with Gasteiger partial charge in [0.2, 0.25) is 0 Å². The van der Waals surface area contributed by atoms with Crippen LogP contribution in [0.15, 0.2) is 12.2 Å². The van der Waals surface area contributed by atoms with Gasteiger partial charge in [0, 0.05) is 12.3 Å². The van der Waals surface area contributed by atoms with Crippen LogP contribution >= 0.6 is 0 Å². The highest BCUT2D eigenvalue weighted by atomic mass is 16.1. The van der Waals surface area contributed by atoms with Crippen LogP contribution in [-0.4, -0.2) is 5.78 Å². The van der Waals surface area contributed by atoms with E-state index in [0.29, 0.717) is 11.7 Å². The summed E-state index contributed by atoms with van der Waals surface area (Å²) in [6.45, 7) is 2.03. The molecule has 0 aromatic rings. The first kappa shape index (κ1) is 7.52. The maximum absolute atomic E-state index is 11.1. The summed E-state index contributed by atoms with van der Waals surface area (Å²) in [5.74, 6) is 0.731. The predicted octanol–water partition coefficient (Wildman–Crippen LogP) is 2.32. The lowest BCUT2D eigenvalue weighted by Crippen LogP contribution is -2.10. The molecule has 0 saturated carbocycles. The van der Waals surface area contributed by atoms with Crippen LogP contribution in [0.2, 0.25) is 0 Å². The van der Waals surface area contributed by atoms with Crippen molar-refractivity contribution in [3.05, 3.63) is 12.2 Å². The molecule has 0 aliphatic heterocycles. The number of ketones is 1. The van der Waals surface area contributed by atoms with E-state index in [-0.39, 0.29) is 0 Å². The Kier molecular flexibility index (Phi) is 2.67. The normalized spacial score (nSPS) is 30.9. The average molecular weight is 138 g/mol. The van der Waals surface area contributed by atoms with Crippen LogP contribution in [0, 0.1) is 5.92 Å². The van der Waals surface area contributed by atoms with Gasteiger partial charge in [0.15, 0.2) is 0 Å². The van der Waals surface area contributed by atoms with Crippen LogP contribution in [0.3, 0.4) is 0 Å². The highest BCUT2D eigenvalue weighted by Gasteiger charge is 2.11. The summed E-state index contributed by atoms with van der Waals surface area (Å²) in [6, 6.07) is 0.